The number of rotatable bonds is 3. The average Bonchev–Trinajstić information content (AvgIpc) is 2.32. The van der Waals surface area contributed by atoms with Crippen LogP contribution in [0.1, 0.15) is 21.5 Å². The van der Waals surface area contributed by atoms with Gasteiger partial charge in [0.2, 0.25) is 0 Å². The van der Waals surface area contributed by atoms with E-state index in [4.69, 9.17) is 0 Å². The van der Waals surface area contributed by atoms with Gasteiger partial charge in [-0.05, 0) is 48.2 Å². The predicted molar refractivity (Wildman–Crippen MR) is 80.6 cm³/mol. The molecule has 0 fully saturated rings. The molecule has 0 bridgehead atoms. The fraction of sp³-hybridized carbons (Fsp3) is 0.200. The van der Waals surface area contributed by atoms with Gasteiger partial charge in [0.25, 0.3) is 0 Å². The fourth-order valence-corrected chi connectivity index (χ4v) is 3.32. The van der Waals surface area contributed by atoms with Crippen LogP contribution in [-0.2, 0) is 6.42 Å². The highest BCUT2D eigenvalue weighted by Crippen LogP contribution is 2.31. The van der Waals surface area contributed by atoms with Crippen LogP contribution in [0.15, 0.2) is 40.9 Å². The molecule has 4 heteroatoms. The van der Waals surface area contributed by atoms with Gasteiger partial charge in [-0.15, -0.1) is 0 Å². The van der Waals surface area contributed by atoms with Gasteiger partial charge in [-0.25, -0.2) is 8.78 Å². The Kier molecular flexibility index (Phi) is 4.74. The molecule has 0 nitrogen and oxygen atoms in total. The van der Waals surface area contributed by atoms with Crippen molar-refractivity contribution in [2.45, 2.75) is 18.2 Å². The van der Waals surface area contributed by atoms with E-state index in [0.717, 1.165) is 21.7 Å². The SMILES string of the molecule is Cc1cc(Br)ccc1C(Br)Cc1ccc(F)cc1F. The molecule has 0 heterocycles. The molecular weight excluding hydrogens is 378 g/mol. The summed E-state index contributed by atoms with van der Waals surface area (Å²) in [6.45, 7) is 2.01. The first kappa shape index (κ1) is 14.7. The molecule has 0 aliphatic carbocycles. The summed E-state index contributed by atoms with van der Waals surface area (Å²) in [7, 11) is 0. The molecule has 0 spiro atoms. The summed E-state index contributed by atoms with van der Waals surface area (Å²) < 4.78 is 27.5. The first-order chi connectivity index (χ1) is 8.97. The molecule has 0 saturated carbocycles. The van der Waals surface area contributed by atoms with E-state index < -0.39 is 11.6 Å². The van der Waals surface area contributed by atoms with E-state index in [9.17, 15) is 8.78 Å². The normalized spacial score (nSPS) is 12.5. The van der Waals surface area contributed by atoms with Crippen molar-refractivity contribution in [2.75, 3.05) is 0 Å². The minimum atomic E-state index is -0.549. The van der Waals surface area contributed by atoms with E-state index in [-0.39, 0.29) is 4.83 Å². The maximum absolute atomic E-state index is 13.6. The summed E-state index contributed by atoms with van der Waals surface area (Å²) in [6.07, 6.45) is 0.481. The van der Waals surface area contributed by atoms with Gasteiger partial charge in [0, 0.05) is 15.4 Å². The summed E-state index contributed by atoms with van der Waals surface area (Å²) in [6, 6.07) is 9.67. The van der Waals surface area contributed by atoms with Crippen LogP contribution in [0.25, 0.3) is 0 Å². The van der Waals surface area contributed by atoms with Crippen molar-refractivity contribution >= 4 is 31.9 Å². The summed E-state index contributed by atoms with van der Waals surface area (Å²) in [5.74, 6) is -1.05. The van der Waals surface area contributed by atoms with Crippen LogP contribution in [0, 0.1) is 18.6 Å². The molecule has 1 atom stereocenters. The minimum absolute atomic E-state index is 0.000520. The Bertz CT molecular complexity index is 597. The van der Waals surface area contributed by atoms with Crippen LogP contribution in [0.5, 0.6) is 0 Å². The smallest absolute Gasteiger partial charge is 0.129 e. The van der Waals surface area contributed by atoms with Crippen molar-refractivity contribution in [3.63, 3.8) is 0 Å². The Hall–Kier alpha value is -0.740. The van der Waals surface area contributed by atoms with E-state index in [0.29, 0.717) is 12.0 Å². The second kappa shape index (κ2) is 6.14. The Morgan fingerprint density at radius 3 is 2.47 bits per heavy atom. The third kappa shape index (κ3) is 3.63. The van der Waals surface area contributed by atoms with E-state index in [2.05, 4.69) is 31.9 Å². The molecule has 2 aromatic carbocycles. The molecule has 0 amide bonds. The van der Waals surface area contributed by atoms with Crippen molar-refractivity contribution in [1.29, 1.82) is 0 Å². The average molecular weight is 390 g/mol. The zero-order chi connectivity index (χ0) is 14.0. The van der Waals surface area contributed by atoms with Crippen LogP contribution < -0.4 is 0 Å². The molecule has 0 saturated heterocycles. The first-order valence-electron chi connectivity index (χ1n) is 5.81. The second-order valence-electron chi connectivity index (χ2n) is 4.41. The van der Waals surface area contributed by atoms with Crippen LogP contribution in [-0.4, -0.2) is 0 Å². The van der Waals surface area contributed by atoms with E-state index in [1.165, 1.54) is 12.1 Å². The van der Waals surface area contributed by atoms with Crippen molar-refractivity contribution in [2.24, 2.45) is 0 Å². The standard InChI is InChI=1S/C15H12Br2F2/c1-9-6-11(16)3-5-13(9)14(17)7-10-2-4-12(18)8-15(10)19/h2-6,8,14H,7H2,1H3. The quantitative estimate of drug-likeness (QED) is 0.589. The maximum atomic E-state index is 13.6. The minimum Gasteiger partial charge on any atom is -0.207 e. The molecule has 0 radical (unpaired) electrons. The van der Waals surface area contributed by atoms with Gasteiger partial charge >= 0.3 is 0 Å². The highest BCUT2D eigenvalue weighted by atomic mass is 79.9. The third-order valence-electron chi connectivity index (χ3n) is 2.98. The molecule has 0 aromatic heterocycles. The Morgan fingerprint density at radius 2 is 1.84 bits per heavy atom. The number of benzene rings is 2. The van der Waals surface area contributed by atoms with Gasteiger partial charge in [-0.2, -0.15) is 0 Å². The van der Waals surface area contributed by atoms with Gasteiger partial charge in [0.15, 0.2) is 0 Å². The number of aryl methyl sites for hydroxylation is 1. The summed E-state index contributed by atoms with van der Waals surface area (Å²) in [5, 5.41) is 0. The van der Waals surface area contributed by atoms with Crippen LogP contribution >= 0.6 is 31.9 Å². The zero-order valence-electron chi connectivity index (χ0n) is 10.3. The Labute approximate surface area is 128 Å². The summed E-state index contributed by atoms with van der Waals surface area (Å²) in [5.41, 5.74) is 2.73. The van der Waals surface area contributed by atoms with Gasteiger partial charge in [0.1, 0.15) is 11.6 Å². The lowest BCUT2D eigenvalue weighted by atomic mass is 10.0. The molecule has 19 heavy (non-hydrogen) atoms. The van der Waals surface area contributed by atoms with Crippen molar-refractivity contribution in [3.8, 4) is 0 Å². The zero-order valence-corrected chi connectivity index (χ0v) is 13.4. The van der Waals surface area contributed by atoms with E-state index >= 15 is 0 Å². The lowest BCUT2D eigenvalue weighted by molar-refractivity contribution is 0.571. The van der Waals surface area contributed by atoms with Crippen LogP contribution in [0.2, 0.25) is 0 Å². The molecular formula is C15H12Br2F2. The summed E-state index contributed by atoms with van der Waals surface area (Å²) in [4.78, 5) is 0.000520. The van der Waals surface area contributed by atoms with Gasteiger partial charge in [-0.3, -0.25) is 0 Å². The Balaban J connectivity index is 2.23. The van der Waals surface area contributed by atoms with Crippen LogP contribution in [0.4, 0.5) is 8.78 Å². The van der Waals surface area contributed by atoms with Crippen LogP contribution in [0.3, 0.4) is 0 Å². The molecule has 0 aliphatic heterocycles. The Morgan fingerprint density at radius 1 is 1.11 bits per heavy atom. The molecule has 0 aliphatic rings. The van der Waals surface area contributed by atoms with Gasteiger partial charge in [-0.1, -0.05) is 44.0 Å². The highest BCUT2D eigenvalue weighted by Gasteiger charge is 2.14. The third-order valence-corrected chi connectivity index (χ3v) is 4.29. The number of alkyl halides is 1. The molecule has 2 aromatic rings. The summed E-state index contributed by atoms with van der Waals surface area (Å²) >= 11 is 6.99. The molecule has 2 rings (SSSR count). The molecule has 0 N–H and O–H groups in total. The second-order valence-corrected chi connectivity index (χ2v) is 6.43. The lowest BCUT2D eigenvalue weighted by Crippen LogP contribution is -2.00. The van der Waals surface area contributed by atoms with E-state index in [1.54, 1.807) is 0 Å². The van der Waals surface area contributed by atoms with Gasteiger partial charge in [0.05, 0.1) is 0 Å². The largest absolute Gasteiger partial charge is 0.207 e. The fourth-order valence-electron chi connectivity index (χ4n) is 1.98. The maximum Gasteiger partial charge on any atom is 0.129 e. The van der Waals surface area contributed by atoms with E-state index in [1.807, 2.05) is 25.1 Å². The molecule has 100 valence electrons. The predicted octanol–water partition coefficient (Wildman–Crippen LogP) is 5.71. The number of hydrogen-bond acceptors (Lipinski definition) is 0. The van der Waals surface area contributed by atoms with Crippen molar-refractivity contribution in [3.05, 3.63) is 69.2 Å². The van der Waals surface area contributed by atoms with Crippen molar-refractivity contribution < 1.29 is 8.78 Å². The number of halogens is 4. The van der Waals surface area contributed by atoms with Gasteiger partial charge < -0.3 is 0 Å². The number of hydrogen-bond donors (Lipinski definition) is 0. The highest BCUT2D eigenvalue weighted by molar-refractivity contribution is 9.10. The lowest BCUT2D eigenvalue weighted by Gasteiger charge is -2.14. The monoisotopic (exact) mass is 388 g/mol. The molecule has 1 unspecified atom stereocenters. The first-order valence-corrected chi connectivity index (χ1v) is 7.52. The topological polar surface area (TPSA) is 0 Å². The van der Waals surface area contributed by atoms with Crippen molar-refractivity contribution in [1.82, 2.24) is 0 Å².